The number of hydrogen-bond acceptors (Lipinski definition) is 5. The molecule has 2 atom stereocenters. The average molecular weight is 376 g/mol. The Morgan fingerprint density at radius 3 is 2.56 bits per heavy atom. The molecule has 0 aliphatic carbocycles. The molecule has 0 radical (unpaired) electrons. The summed E-state index contributed by atoms with van der Waals surface area (Å²) in [6, 6.07) is 4.96. The van der Waals surface area contributed by atoms with Crippen LogP contribution in [-0.4, -0.2) is 53.8 Å². The van der Waals surface area contributed by atoms with Crippen molar-refractivity contribution in [3.63, 3.8) is 0 Å². The highest BCUT2D eigenvalue weighted by atomic mass is 16.5. The second-order valence-corrected chi connectivity index (χ2v) is 7.08. The van der Waals surface area contributed by atoms with Crippen LogP contribution in [0.2, 0.25) is 0 Å². The first-order chi connectivity index (χ1) is 12.7. The molecule has 7 heteroatoms. The molecule has 1 heterocycles. The SMILES string of the molecule is C/C=C/c1ccc(OCC(O)CN2C(=O)NC(C)(C(C)C)C2=O)c(OC)c1. The summed E-state index contributed by atoms with van der Waals surface area (Å²) in [7, 11) is 1.54. The van der Waals surface area contributed by atoms with Crippen molar-refractivity contribution in [1.82, 2.24) is 10.2 Å². The Labute approximate surface area is 159 Å². The minimum Gasteiger partial charge on any atom is -0.493 e. The zero-order chi connectivity index (χ0) is 20.2. The maximum atomic E-state index is 12.6. The number of nitrogens with zero attached hydrogens (tertiary/aromatic N) is 1. The van der Waals surface area contributed by atoms with Crippen LogP contribution in [0, 0.1) is 5.92 Å². The third-order valence-corrected chi connectivity index (χ3v) is 4.83. The lowest BCUT2D eigenvalue weighted by Gasteiger charge is -2.26. The van der Waals surface area contributed by atoms with Gasteiger partial charge in [0.2, 0.25) is 0 Å². The Hall–Kier alpha value is -2.54. The second-order valence-electron chi connectivity index (χ2n) is 7.08. The molecular formula is C20H28N2O5. The second kappa shape index (κ2) is 8.43. The third-order valence-electron chi connectivity index (χ3n) is 4.83. The Bertz CT molecular complexity index is 731. The number of aliphatic hydroxyl groups excluding tert-OH is 1. The maximum absolute atomic E-state index is 12.6. The van der Waals surface area contributed by atoms with Crippen molar-refractivity contribution >= 4 is 18.0 Å². The lowest BCUT2D eigenvalue weighted by Crippen LogP contribution is -2.49. The van der Waals surface area contributed by atoms with Gasteiger partial charge in [-0.3, -0.25) is 9.69 Å². The quantitative estimate of drug-likeness (QED) is 0.681. The fourth-order valence-corrected chi connectivity index (χ4v) is 2.82. The molecule has 0 aromatic heterocycles. The first-order valence-corrected chi connectivity index (χ1v) is 8.98. The van der Waals surface area contributed by atoms with E-state index in [1.807, 2.05) is 45.1 Å². The van der Waals surface area contributed by atoms with Gasteiger partial charge in [-0.25, -0.2) is 4.79 Å². The molecule has 1 aromatic rings. The number of aliphatic hydroxyl groups is 1. The van der Waals surface area contributed by atoms with Crippen molar-refractivity contribution in [3.05, 3.63) is 29.8 Å². The molecule has 0 saturated carbocycles. The van der Waals surface area contributed by atoms with E-state index in [2.05, 4.69) is 5.32 Å². The minimum absolute atomic E-state index is 0.0627. The predicted molar refractivity (Wildman–Crippen MR) is 103 cm³/mol. The largest absolute Gasteiger partial charge is 0.493 e. The number of rotatable bonds is 8. The number of nitrogens with one attached hydrogen (secondary N) is 1. The number of methoxy groups -OCH3 is 1. The van der Waals surface area contributed by atoms with Gasteiger partial charge in [0.1, 0.15) is 18.2 Å². The van der Waals surface area contributed by atoms with Gasteiger partial charge < -0.3 is 19.9 Å². The van der Waals surface area contributed by atoms with Crippen LogP contribution in [0.4, 0.5) is 4.79 Å². The summed E-state index contributed by atoms with van der Waals surface area (Å²) in [4.78, 5) is 25.7. The van der Waals surface area contributed by atoms with Crippen molar-refractivity contribution in [2.45, 2.75) is 39.3 Å². The van der Waals surface area contributed by atoms with Crippen LogP contribution in [0.15, 0.2) is 24.3 Å². The number of benzene rings is 1. The number of amides is 3. The zero-order valence-electron chi connectivity index (χ0n) is 16.5. The number of imide groups is 1. The zero-order valence-corrected chi connectivity index (χ0v) is 16.5. The van der Waals surface area contributed by atoms with E-state index in [-0.39, 0.29) is 25.0 Å². The molecule has 27 heavy (non-hydrogen) atoms. The molecule has 3 amide bonds. The van der Waals surface area contributed by atoms with Gasteiger partial charge in [0.25, 0.3) is 5.91 Å². The van der Waals surface area contributed by atoms with E-state index in [4.69, 9.17) is 9.47 Å². The average Bonchev–Trinajstić information content (AvgIpc) is 2.85. The molecule has 1 fully saturated rings. The number of carbonyl (C=O) groups excluding carboxylic acids is 2. The van der Waals surface area contributed by atoms with Gasteiger partial charge in [-0.2, -0.15) is 0 Å². The molecule has 1 aliphatic heterocycles. The summed E-state index contributed by atoms with van der Waals surface area (Å²) in [5.41, 5.74) is 0.0123. The summed E-state index contributed by atoms with van der Waals surface area (Å²) in [6.07, 6.45) is 2.83. The Morgan fingerprint density at radius 2 is 2.00 bits per heavy atom. The first kappa shape index (κ1) is 20.8. The number of ether oxygens (including phenoxy) is 2. The van der Waals surface area contributed by atoms with E-state index in [9.17, 15) is 14.7 Å². The number of hydrogen-bond donors (Lipinski definition) is 2. The van der Waals surface area contributed by atoms with Crippen molar-refractivity contribution in [1.29, 1.82) is 0 Å². The molecule has 2 N–H and O–H groups in total. The molecule has 1 aromatic carbocycles. The normalized spacial score (nSPS) is 21.1. The highest BCUT2D eigenvalue weighted by Gasteiger charge is 2.49. The predicted octanol–water partition coefficient (Wildman–Crippen LogP) is 2.43. The van der Waals surface area contributed by atoms with Gasteiger partial charge in [0.15, 0.2) is 11.5 Å². The molecule has 1 aliphatic rings. The summed E-state index contributed by atoms with van der Waals surface area (Å²) in [5.74, 6) is 0.622. The van der Waals surface area contributed by atoms with Crippen LogP contribution in [0.3, 0.4) is 0 Å². The molecule has 0 bridgehead atoms. The fraction of sp³-hybridized carbons (Fsp3) is 0.500. The summed E-state index contributed by atoms with van der Waals surface area (Å²) >= 11 is 0. The molecule has 2 unspecified atom stereocenters. The first-order valence-electron chi connectivity index (χ1n) is 8.98. The summed E-state index contributed by atoms with van der Waals surface area (Å²) < 4.78 is 11.0. The van der Waals surface area contributed by atoms with Crippen molar-refractivity contribution < 1.29 is 24.2 Å². The van der Waals surface area contributed by atoms with E-state index < -0.39 is 17.7 Å². The van der Waals surface area contributed by atoms with Gasteiger partial charge in [0.05, 0.1) is 13.7 Å². The smallest absolute Gasteiger partial charge is 0.325 e. The summed E-state index contributed by atoms with van der Waals surface area (Å²) in [6.45, 7) is 7.14. The number of allylic oxidation sites excluding steroid dienone is 1. The van der Waals surface area contributed by atoms with Crippen LogP contribution in [0.5, 0.6) is 11.5 Å². The topological polar surface area (TPSA) is 88.1 Å². The van der Waals surface area contributed by atoms with Crippen LogP contribution in [0.1, 0.15) is 33.3 Å². The minimum atomic E-state index is -1.02. The van der Waals surface area contributed by atoms with Gasteiger partial charge in [-0.1, -0.05) is 32.1 Å². The van der Waals surface area contributed by atoms with E-state index in [1.165, 1.54) is 7.11 Å². The Balaban J connectivity index is 2.00. The monoisotopic (exact) mass is 376 g/mol. The molecule has 0 spiro atoms. The molecule has 7 nitrogen and oxygen atoms in total. The van der Waals surface area contributed by atoms with Crippen LogP contribution >= 0.6 is 0 Å². The highest BCUT2D eigenvalue weighted by molar-refractivity contribution is 6.07. The lowest BCUT2D eigenvalue weighted by atomic mass is 9.88. The van der Waals surface area contributed by atoms with Gasteiger partial charge in [-0.05, 0) is 37.5 Å². The third kappa shape index (κ3) is 4.42. The van der Waals surface area contributed by atoms with E-state index in [0.29, 0.717) is 11.5 Å². The Kier molecular flexibility index (Phi) is 6.49. The number of urea groups is 1. The van der Waals surface area contributed by atoms with Crippen LogP contribution < -0.4 is 14.8 Å². The number of carbonyl (C=O) groups is 2. The van der Waals surface area contributed by atoms with E-state index in [1.54, 1.807) is 13.0 Å². The Morgan fingerprint density at radius 1 is 1.30 bits per heavy atom. The molecular weight excluding hydrogens is 348 g/mol. The van der Waals surface area contributed by atoms with Gasteiger partial charge in [-0.15, -0.1) is 0 Å². The molecule has 148 valence electrons. The van der Waals surface area contributed by atoms with Gasteiger partial charge in [0, 0.05) is 0 Å². The van der Waals surface area contributed by atoms with E-state index in [0.717, 1.165) is 10.5 Å². The van der Waals surface area contributed by atoms with Crippen molar-refractivity contribution in [2.24, 2.45) is 5.92 Å². The molecule has 1 saturated heterocycles. The fourth-order valence-electron chi connectivity index (χ4n) is 2.82. The van der Waals surface area contributed by atoms with Gasteiger partial charge >= 0.3 is 6.03 Å². The number of β-amino-alcohol motifs (C(OH)–C–C–N with tert-alkyl or cyclic N) is 1. The van der Waals surface area contributed by atoms with Crippen LogP contribution in [-0.2, 0) is 4.79 Å². The van der Waals surface area contributed by atoms with Crippen molar-refractivity contribution in [2.75, 3.05) is 20.3 Å². The lowest BCUT2D eigenvalue weighted by molar-refractivity contribution is -0.133. The summed E-state index contributed by atoms with van der Waals surface area (Å²) in [5, 5.41) is 13.0. The maximum Gasteiger partial charge on any atom is 0.325 e. The molecule has 2 rings (SSSR count). The van der Waals surface area contributed by atoms with E-state index >= 15 is 0 Å². The highest BCUT2D eigenvalue weighted by Crippen LogP contribution is 2.29. The van der Waals surface area contributed by atoms with Crippen LogP contribution in [0.25, 0.3) is 6.08 Å². The standard InChI is InChI=1S/C20H28N2O5/c1-6-7-14-8-9-16(17(10-14)26-5)27-12-15(23)11-22-18(24)20(4,13(2)3)21-19(22)25/h6-10,13,15,23H,11-12H2,1-5H3,(H,21,25)/b7-6+. The van der Waals surface area contributed by atoms with Crippen molar-refractivity contribution in [3.8, 4) is 11.5 Å².